The van der Waals surface area contributed by atoms with Crippen LogP contribution in [0.15, 0.2) is 67.0 Å². The normalized spacial score (nSPS) is 12.7. The highest BCUT2D eigenvalue weighted by atomic mass is 35.5. The molecule has 0 aliphatic carbocycles. The summed E-state index contributed by atoms with van der Waals surface area (Å²) >= 11 is 0. The first-order chi connectivity index (χ1) is 13.6. The van der Waals surface area contributed by atoms with Gasteiger partial charge in [0.1, 0.15) is 0 Å². The molecule has 0 saturated heterocycles. The smallest absolute Gasteiger partial charge is 0.237 e. The summed E-state index contributed by atoms with van der Waals surface area (Å²) in [5.74, 6) is 0.0660. The number of benzene rings is 2. The van der Waals surface area contributed by atoms with Gasteiger partial charge in [-0.3, -0.25) is 9.48 Å². The molecule has 3 N–H and O–H groups in total. The third kappa shape index (κ3) is 5.92. The van der Waals surface area contributed by atoms with E-state index < -0.39 is 6.04 Å². The van der Waals surface area contributed by atoms with Crippen LogP contribution in [0.1, 0.15) is 31.4 Å². The molecule has 29 heavy (non-hydrogen) atoms. The van der Waals surface area contributed by atoms with Crippen LogP contribution in [0.5, 0.6) is 0 Å². The summed E-state index contributed by atoms with van der Waals surface area (Å²) in [4.78, 5) is 12.3. The topological polar surface area (TPSA) is 72.9 Å². The summed E-state index contributed by atoms with van der Waals surface area (Å²) in [7, 11) is 0. The van der Waals surface area contributed by atoms with E-state index >= 15 is 0 Å². The van der Waals surface area contributed by atoms with Crippen molar-refractivity contribution in [2.45, 2.75) is 39.4 Å². The van der Waals surface area contributed by atoms with Crippen LogP contribution in [-0.2, 0) is 17.9 Å². The molecule has 0 spiro atoms. The number of nitrogens with two attached hydrogens (primary N) is 1. The zero-order valence-corrected chi connectivity index (χ0v) is 17.7. The third-order valence-corrected chi connectivity index (χ3v) is 5.20. The lowest BCUT2D eigenvalue weighted by atomic mass is 9.97. The Balaban J connectivity index is 0.00000300. The number of hydrogen-bond donors (Lipinski definition) is 2. The van der Waals surface area contributed by atoms with Crippen molar-refractivity contribution in [1.29, 1.82) is 0 Å². The van der Waals surface area contributed by atoms with Crippen LogP contribution in [0.2, 0.25) is 0 Å². The average Bonchev–Trinajstić information content (AvgIpc) is 3.24. The van der Waals surface area contributed by atoms with E-state index in [9.17, 15) is 4.79 Å². The highest BCUT2D eigenvalue weighted by Gasteiger charge is 2.19. The molecule has 2 unspecified atom stereocenters. The predicted octanol–water partition coefficient (Wildman–Crippen LogP) is 4.01. The van der Waals surface area contributed by atoms with Gasteiger partial charge in [0.25, 0.3) is 0 Å². The summed E-state index contributed by atoms with van der Waals surface area (Å²) in [6, 6.07) is 18.0. The molecule has 0 bridgehead atoms. The van der Waals surface area contributed by atoms with Crippen molar-refractivity contribution in [2.24, 2.45) is 11.7 Å². The number of halogens is 1. The van der Waals surface area contributed by atoms with Crippen molar-refractivity contribution in [2.75, 3.05) is 0 Å². The fourth-order valence-electron chi connectivity index (χ4n) is 3.14. The molecule has 2 aromatic carbocycles. The molecule has 3 rings (SSSR count). The third-order valence-electron chi connectivity index (χ3n) is 5.20. The van der Waals surface area contributed by atoms with Crippen LogP contribution in [0.4, 0.5) is 0 Å². The minimum absolute atomic E-state index is 0. The molecule has 6 heteroatoms. The Morgan fingerprint density at radius 1 is 1.14 bits per heavy atom. The SMILES string of the molecule is CCC(C)C(N)C(=O)NCc1ccccc1-c1ccc(Cn2cccn2)cc1.Cl. The van der Waals surface area contributed by atoms with Crippen LogP contribution >= 0.6 is 12.4 Å². The molecule has 0 radical (unpaired) electrons. The zero-order valence-electron chi connectivity index (χ0n) is 16.9. The highest BCUT2D eigenvalue weighted by molar-refractivity contribution is 5.85. The van der Waals surface area contributed by atoms with Gasteiger partial charge < -0.3 is 11.1 Å². The maximum Gasteiger partial charge on any atom is 0.237 e. The van der Waals surface area contributed by atoms with Gasteiger partial charge in [0, 0.05) is 18.9 Å². The number of amides is 1. The van der Waals surface area contributed by atoms with Crippen LogP contribution in [0.25, 0.3) is 11.1 Å². The van der Waals surface area contributed by atoms with Crippen molar-refractivity contribution >= 4 is 18.3 Å². The fraction of sp³-hybridized carbons (Fsp3) is 0.304. The van der Waals surface area contributed by atoms with E-state index in [0.717, 1.165) is 29.7 Å². The van der Waals surface area contributed by atoms with Crippen molar-refractivity contribution in [3.8, 4) is 11.1 Å². The quantitative estimate of drug-likeness (QED) is 0.587. The number of hydrogen-bond acceptors (Lipinski definition) is 3. The molecule has 2 atom stereocenters. The first kappa shape index (κ1) is 22.7. The van der Waals surface area contributed by atoms with E-state index in [1.54, 1.807) is 6.20 Å². The van der Waals surface area contributed by atoms with Crippen LogP contribution in [-0.4, -0.2) is 21.7 Å². The Morgan fingerprint density at radius 2 is 1.86 bits per heavy atom. The summed E-state index contributed by atoms with van der Waals surface area (Å²) < 4.78 is 1.90. The first-order valence-corrected chi connectivity index (χ1v) is 9.76. The molecular weight excluding hydrogens is 384 g/mol. The van der Waals surface area contributed by atoms with Gasteiger partial charge >= 0.3 is 0 Å². The molecule has 1 heterocycles. The molecule has 3 aromatic rings. The molecule has 154 valence electrons. The van der Waals surface area contributed by atoms with E-state index in [2.05, 4.69) is 40.7 Å². The van der Waals surface area contributed by atoms with Crippen molar-refractivity contribution in [3.05, 3.63) is 78.1 Å². The van der Waals surface area contributed by atoms with E-state index in [1.807, 2.05) is 49.0 Å². The van der Waals surface area contributed by atoms with Gasteiger partial charge in [-0.15, -0.1) is 12.4 Å². The molecule has 0 aliphatic heterocycles. The van der Waals surface area contributed by atoms with Crippen LogP contribution < -0.4 is 11.1 Å². The lowest BCUT2D eigenvalue weighted by Crippen LogP contribution is -2.44. The summed E-state index contributed by atoms with van der Waals surface area (Å²) in [5, 5.41) is 7.24. The van der Waals surface area contributed by atoms with Crippen molar-refractivity contribution in [1.82, 2.24) is 15.1 Å². The second-order valence-electron chi connectivity index (χ2n) is 7.19. The Hall–Kier alpha value is -2.63. The van der Waals surface area contributed by atoms with Gasteiger partial charge in [-0.1, -0.05) is 68.8 Å². The number of carbonyl (C=O) groups excluding carboxylic acids is 1. The summed E-state index contributed by atoms with van der Waals surface area (Å²) in [5.41, 5.74) is 10.5. The molecular formula is C23H29ClN4O. The monoisotopic (exact) mass is 412 g/mol. The predicted molar refractivity (Wildman–Crippen MR) is 120 cm³/mol. The second-order valence-corrected chi connectivity index (χ2v) is 7.19. The van der Waals surface area contributed by atoms with Crippen molar-refractivity contribution in [3.63, 3.8) is 0 Å². The Labute approximate surface area is 178 Å². The average molecular weight is 413 g/mol. The summed E-state index contributed by atoms with van der Waals surface area (Å²) in [6.45, 7) is 5.26. The number of nitrogens with zero attached hydrogens (tertiary/aromatic N) is 2. The Bertz CT molecular complexity index is 894. The minimum Gasteiger partial charge on any atom is -0.351 e. The lowest BCUT2D eigenvalue weighted by Gasteiger charge is -2.18. The fourth-order valence-corrected chi connectivity index (χ4v) is 3.14. The van der Waals surface area contributed by atoms with Crippen LogP contribution in [0, 0.1) is 5.92 Å². The highest BCUT2D eigenvalue weighted by Crippen LogP contribution is 2.24. The van der Waals surface area contributed by atoms with Gasteiger partial charge in [-0.05, 0) is 34.2 Å². The number of nitrogens with one attached hydrogen (secondary N) is 1. The van der Waals surface area contributed by atoms with E-state index in [-0.39, 0.29) is 24.2 Å². The Kier molecular flexibility index (Phi) is 8.43. The maximum absolute atomic E-state index is 12.3. The number of rotatable bonds is 8. The second kappa shape index (κ2) is 10.8. The Morgan fingerprint density at radius 3 is 2.52 bits per heavy atom. The first-order valence-electron chi connectivity index (χ1n) is 9.76. The molecule has 1 amide bonds. The van der Waals surface area contributed by atoms with Crippen LogP contribution in [0.3, 0.4) is 0 Å². The maximum atomic E-state index is 12.3. The number of carbonyl (C=O) groups is 1. The van der Waals surface area contributed by atoms with Gasteiger partial charge in [0.05, 0.1) is 12.6 Å². The molecule has 0 fully saturated rings. The molecule has 5 nitrogen and oxygen atoms in total. The van der Waals surface area contributed by atoms with Gasteiger partial charge in [-0.2, -0.15) is 5.10 Å². The van der Waals surface area contributed by atoms with E-state index in [0.29, 0.717) is 6.54 Å². The zero-order chi connectivity index (χ0) is 19.9. The molecule has 1 aromatic heterocycles. The minimum atomic E-state index is -0.473. The summed E-state index contributed by atoms with van der Waals surface area (Å²) in [6.07, 6.45) is 4.62. The van der Waals surface area contributed by atoms with Gasteiger partial charge in [-0.25, -0.2) is 0 Å². The van der Waals surface area contributed by atoms with E-state index in [1.165, 1.54) is 5.56 Å². The number of aromatic nitrogens is 2. The lowest BCUT2D eigenvalue weighted by molar-refractivity contribution is -0.123. The van der Waals surface area contributed by atoms with Gasteiger partial charge in [0.15, 0.2) is 0 Å². The van der Waals surface area contributed by atoms with Gasteiger partial charge in [0.2, 0.25) is 5.91 Å². The largest absolute Gasteiger partial charge is 0.351 e. The van der Waals surface area contributed by atoms with Crippen molar-refractivity contribution < 1.29 is 4.79 Å². The molecule has 0 aliphatic rings. The van der Waals surface area contributed by atoms with E-state index in [4.69, 9.17) is 5.73 Å². The standard InChI is InChI=1S/C23H28N4O.ClH/c1-3-17(2)22(24)23(28)25-15-20-7-4-5-8-21(20)19-11-9-18(10-12-19)16-27-14-6-13-26-27;/h4-14,17,22H,3,15-16,24H2,1-2H3,(H,25,28);1H. The molecule has 0 saturated carbocycles.